The Morgan fingerprint density at radius 2 is 2.17 bits per heavy atom. The first kappa shape index (κ1) is 13.3. The number of aromatic nitrogens is 1. The zero-order valence-electron chi connectivity index (χ0n) is 10.4. The molecule has 4 nitrogen and oxygen atoms in total. The van der Waals surface area contributed by atoms with E-state index in [0.717, 1.165) is 37.0 Å². The largest absolute Gasteiger partial charge is 0.364 e. The van der Waals surface area contributed by atoms with Crippen LogP contribution in [0.5, 0.6) is 0 Å². The number of aromatic amines is 1. The van der Waals surface area contributed by atoms with Gasteiger partial charge in [-0.15, -0.1) is 0 Å². The fourth-order valence-corrected chi connectivity index (χ4v) is 2.85. The predicted octanol–water partition coefficient (Wildman–Crippen LogP) is 1.93. The van der Waals surface area contributed by atoms with Crippen LogP contribution in [0.1, 0.15) is 28.9 Å². The highest BCUT2D eigenvalue weighted by Crippen LogP contribution is 2.19. The number of halogens is 1. The summed E-state index contributed by atoms with van der Waals surface area (Å²) in [7, 11) is 0. The number of hydrogen-bond donors (Lipinski definition) is 1. The molecule has 1 aliphatic rings. The van der Waals surface area contributed by atoms with Crippen LogP contribution in [-0.2, 0) is 0 Å². The number of nitrogens with one attached hydrogen (secondary N) is 1. The summed E-state index contributed by atoms with van der Waals surface area (Å²) in [6.45, 7) is 3.28. The van der Waals surface area contributed by atoms with Crippen LogP contribution in [0.25, 0.3) is 0 Å². The van der Waals surface area contributed by atoms with Gasteiger partial charge in [0.2, 0.25) is 0 Å². The van der Waals surface area contributed by atoms with Crippen LogP contribution >= 0.6 is 15.9 Å². The number of likely N-dealkylation sites (tertiary alicyclic amines) is 1. The van der Waals surface area contributed by atoms with E-state index in [-0.39, 0.29) is 16.9 Å². The molecule has 18 heavy (non-hydrogen) atoms. The van der Waals surface area contributed by atoms with Crippen molar-refractivity contribution in [2.75, 3.05) is 18.4 Å². The molecule has 0 bridgehead atoms. The Bertz CT molecular complexity index is 490. The van der Waals surface area contributed by atoms with Crippen molar-refractivity contribution in [1.29, 1.82) is 0 Å². The van der Waals surface area contributed by atoms with Crippen molar-refractivity contribution in [2.45, 2.75) is 19.8 Å². The zero-order chi connectivity index (χ0) is 13.1. The van der Waals surface area contributed by atoms with Crippen molar-refractivity contribution in [3.05, 3.63) is 33.7 Å². The Labute approximate surface area is 115 Å². The van der Waals surface area contributed by atoms with Crippen molar-refractivity contribution in [2.24, 2.45) is 5.92 Å². The minimum absolute atomic E-state index is 0.149. The van der Waals surface area contributed by atoms with E-state index in [2.05, 4.69) is 20.9 Å². The Hall–Kier alpha value is -1.10. The summed E-state index contributed by atoms with van der Waals surface area (Å²) in [5.41, 5.74) is 0.825. The lowest BCUT2D eigenvalue weighted by Crippen LogP contribution is -2.40. The lowest BCUT2D eigenvalue weighted by molar-refractivity contribution is 0.0697. The molecule has 1 aromatic heterocycles. The SMILES string of the molecule is Cc1cc(=O)c(C(=O)N2CCC(CBr)CC2)c[nH]1. The summed E-state index contributed by atoms with van der Waals surface area (Å²) in [5.74, 6) is 0.495. The minimum Gasteiger partial charge on any atom is -0.364 e. The second-order valence-electron chi connectivity index (χ2n) is 4.78. The van der Waals surface area contributed by atoms with Crippen LogP contribution < -0.4 is 5.43 Å². The van der Waals surface area contributed by atoms with Crippen LogP contribution in [0.15, 0.2) is 17.1 Å². The second-order valence-corrected chi connectivity index (χ2v) is 5.43. The highest BCUT2D eigenvalue weighted by atomic mass is 79.9. The average molecular weight is 313 g/mol. The van der Waals surface area contributed by atoms with Crippen LogP contribution in [0, 0.1) is 12.8 Å². The molecule has 0 saturated carbocycles. The number of amides is 1. The Morgan fingerprint density at radius 3 is 2.72 bits per heavy atom. The molecule has 0 radical (unpaired) electrons. The molecule has 2 heterocycles. The van der Waals surface area contributed by atoms with E-state index in [1.165, 1.54) is 12.3 Å². The fourth-order valence-electron chi connectivity index (χ4n) is 2.20. The lowest BCUT2D eigenvalue weighted by Gasteiger charge is -2.31. The number of pyridine rings is 1. The molecule has 1 aliphatic heterocycles. The number of hydrogen-bond acceptors (Lipinski definition) is 2. The highest BCUT2D eigenvalue weighted by molar-refractivity contribution is 9.09. The Kier molecular flexibility index (Phi) is 4.22. The zero-order valence-corrected chi connectivity index (χ0v) is 12.0. The number of rotatable bonds is 2. The first-order valence-electron chi connectivity index (χ1n) is 6.16. The normalized spacial score (nSPS) is 16.9. The summed E-state index contributed by atoms with van der Waals surface area (Å²) in [4.78, 5) is 28.7. The monoisotopic (exact) mass is 312 g/mol. The van der Waals surface area contributed by atoms with Crippen molar-refractivity contribution < 1.29 is 4.79 Å². The molecular weight excluding hydrogens is 296 g/mol. The van der Waals surface area contributed by atoms with E-state index in [9.17, 15) is 9.59 Å². The summed E-state index contributed by atoms with van der Waals surface area (Å²) in [6.07, 6.45) is 3.53. The third-order valence-corrected chi connectivity index (χ3v) is 4.32. The van der Waals surface area contributed by atoms with Crippen molar-refractivity contribution in [3.8, 4) is 0 Å². The summed E-state index contributed by atoms with van der Waals surface area (Å²) >= 11 is 3.47. The fraction of sp³-hybridized carbons (Fsp3) is 0.538. The molecule has 0 unspecified atom stereocenters. The van der Waals surface area contributed by atoms with Gasteiger partial charge in [0.05, 0.1) is 0 Å². The summed E-state index contributed by atoms with van der Waals surface area (Å²) < 4.78 is 0. The number of aryl methyl sites for hydroxylation is 1. The summed E-state index contributed by atoms with van der Waals surface area (Å²) in [5, 5.41) is 0.986. The molecule has 1 fully saturated rings. The van der Waals surface area contributed by atoms with Gasteiger partial charge >= 0.3 is 0 Å². The molecule has 1 amide bonds. The maximum Gasteiger partial charge on any atom is 0.259 e. The van der Waals surface area contributed by atoms with Gasteiger partial charge in [0.15, 0.2) is 5.43 Å². The van der Waals surface area contributed by atoms with Gasteiger partial charge < -0.3 is 9.88 Å². The number of piperidine rings is 1. The molecule has 1 N–H and O–H groups in total. The summed E-state index contributed by atoms with van der Waals surface area (Å²) in [6, 6.07) is 1.47. The van der Waals surface area contributed by atoms with Crippen LogP contribution in [0.2, 0.25) is 0 Å². The minimum atomic E-state index is -0.195. The van der Waals surface area contributed by atoms with E-state index in [4.69, 9.17) is 0 Å². The van der Waals surface area contributed by atoms with Gasteiger partial charge in [-0.2, -0.15) is 0 Å². The Balaban J connectivity index is 2.10. The van der Waals surface area contributed by atoms with Gasteiger partial charge in [-0.3, -0.25) is 9.59 Å². The predicted molar refractivity (Wildman–Crippen MR) is 74.2 cm³/mol. The molecule has 0 atom stereocenters. The number of carbonyl (C=O) groups excluding carboxylic acids is 1. The van der Waals surface area contributed by atoms with Gasteiger partial charge in [-0.05, 0) is 25.7 Å². The molecular formula is C13H17BrN2O2. The lowest BCUT2D eigenvalue weighted by atomic mass is 9.98. The molecule has 2 rings (SSSR count). The smallest absolute Gasteiger partial charge is 0.259 e. The molecule has 98 valence electrons. The van der Waals surface area contributed by atoms with E-state index >= 15 is 0 Å². The molecule has 1 saturated heterocycles. The van der Waals surface area contributed by atoms with Gasteiger partial charge in [0, 0.05) is 36.4 Å². The first-order valence-corrected chi connectivity index (χ1v) is 7.28. The van der Waals surface area contributed by atoms with E-state index in [1.807, 2.05) is 0 Å². The van der Waals surface area contributed by atoms with E-state index in [1.54, 1.807) is 11.8 Å². The van der Waals surface area contributed by atoms with Crippen molar-refractivity contribution >= 4 is 21.8 Å². The highest BCUT2D eigenvalue weighted by Gasteiger charge is 2.24. The van der Waals surface area contributed by atoms with E-state index in [0.29, 0.717) is 5.92 Å². The van der Waals surface area contributed by atoms with Gasteiger partial charge in [0.25, 0.3) is 5.91 Å². The molecule has 0 aromatic carbocycles. The second kappa shape index (κ2) is 5.69. The van der Waals surface area contributed by atoms with Crippen LogP contribution in [-0.4, -0.2) is 34.2 Å². The Morgan fingerprint density at radius 1 is 1.50 bits per heavy atom. The molecule has 1 aromatic rings. The van der Waals surface area contributed by atoms with E-state index < -0.39 is 0 Å². The molecule has 5 heteroatoms. The van der Waals surface area contributed by atoms with Crippen molar-refractivity contribution in [3.63, 3.8) is 0 Å². The molecule has 0 aliphatic carbocycles. The van der Waals surface area contributed by atoms with Gasteiger partial charge in [0.1, 0.15) is 5.56 Å². The van der Waals surface area contributed by atoms with Crippen LogP contribution in [0.3, 0.4) is 0 Å². The topological polar surface area (TPSA) is 53.2 Å². The third kappa shape index (κ3) is 2.83. The number of alkyl halides is 1. The van der Waals surface area contributed by atoms with Crippen LogP contribution in [0.4, 0.5) is 0 Å². The third-order valence-electron chi connectivity index (χ3n) is 3.41. The standard InChI is InChI=1S/C13H17BrN2O2/c1-9-6-12(17)11(8-15-9)13(18)16-4-2-10(7-14)3-5-16/h6,8,10H,2-5,7H2,1H3,(H,15,17). The van der Waals surface area contributed by atoms with Crippen molar-refractivity contribution in [1.82, 2.24) is 9.88 Å². The van der Waals surface area contributed by atoms with Gasteiger partial charge in [-0.25, -0.2) is 0 Å². The number of nitrogens with zero attached hydrogens (tertiary/aromatic N) is 1. The van der Waals surface area contributed by atoms with Gasteiger partial charge in [-0.1, -0.05) is 15.9 Å². The molecule has 0 spiro atoms. The number of H-pyrrole nitrogens is 1. The maximum atomic E-state index is 12.2. The average Bonchev–Trinajstić information content (AvgIpc) is 2.38. The number of carbonyl (C=O) groups is 1. The quantitative estimate of drug-likeness (QED) is 0.848. The first-order chi connectivity index (χ1) is 8.61. The maximum absolute atomic E-state index is 12.2.